The largest absolute Gasteiger partial charge is 0.492 e. The van der Waals surface area contributed by atoms with Gasteiger partial charge in [-0.05, 0) is 54.0 Å². The van der Waals surface area contributed by atoms with Crippen LogP contribution in [0.15, 0.2) is 42.5 Å². The van der Waals surface area contributed by atoms with Crippen LogP contribution in [0.2, 0.25) is 0 Å². The third kappa shape index (κ3) is 8.07. The van der Waals surface area contributed by atoms with Gasteiger partial charge in [-0.25, -0.2) is 8.42 Å². The van der Waals surface area contributed by atoms with Crippen LogP contribution in [0.5, 0.6) is 5.75 Å². The molecule has 0 aliphatic rings. The first-order valence-electron chi connectivity index (χ1n) is 11.5. The predicted octanol–water partition coefficient (Wildman–Crippen LogP) is 4.60. The Morgan fingerprint density at radius 2 is 1.76 bits per heavy atom. The highest BCUT2D eigenvalue weighted by Gasteiger charge is 2.21. The molecule has 2 aromatic carbocycles. The fourth-order valence-corrected chi connectivity index (χ4v) is 4.74. The van der Waals surface area contributed by atoms with E-state index in [1.165, 1.54) is 16.1 Å². The number of ether oxygens (including phenoxy) is 1. The highest BCUT2D eigenvalue weighted by Crippen LogP contribution is 2.28. The molecule has 0 unspecified atom stereocenters. The topological polar surface area (TPSA) is 75.7 Å². The van der Waals surface area contributed by atoms with Crippen LogP contribution in [0.4, 0.5) is 5.69 Å². The van der Waals surface area contributed by atoms with Gasteiger partial charge in [-0.2, -0.15) is 0 Å². The van der Waals surface area contributed by atoms with Crippen molar-refractivity contribution in [2.75, 3.05) is 30.3 Å². The molecule has 0 saturated heterocycles. The number of carbonyl (C=O) groups excluding carboxylic acids is 1. The van der Waals surface area contributed by atoms with Crippen LogP contribution in [-0.2, 0) is 26.7 Å². The molecule has 6 nitrogen and oxygen atoms in total. The van der Waals surface area contributed by atoms with Crippen LogP contribution >= 0.6 is 0 Å². The number of rotatable bonds is 11. The summed E-state index contributed by atoms with van der Waals surface area (Å²) in [5, 5.41) is 2.84. The molecule has 7 heteroatoms. The van der Waals surface area contributed by atoms with Crippen molar-refractivity contribution in [2.45, 2.75) is 59.3 Å². The summed E-state index contributed by atoms with van der Waals surface area (Å²) < 4.78 is 32.1. The Hall–Kier alpha value is -2.54. The minimum Gasteiger partial charge on any atom is -0.492 e. The zero-order chi connectivity index (χ0) is 24.6. The normalized spacial score (nSPS) is 11.8. The first kappa shape index (κ1) is 26.7. The zero-order valence-corrected chi connectivity index (χ0v) is 21.6. The van der Waals surface area contributed by atoms with Crippen LogP contribution in [-0.4, -0.2) is 40.3 Å². The molecule has 0 radical (unpaired) electrons. The van der Waals surface area contributed by atoms with Gasteiger partial charge < -0.3 is 10.1 Å². The Kier molecular flexibility index (Phi) is 9.35. The Morgan fingerprint density at radius 1 is 1.09 bits per heavy atom. The van der Waals surface area contributed by atoms with E-state index in [0.29, 0.717) is 19.6 Å². The van der Waals surface area contributed by atoms with Crippen molar-refractivity contribution >= 4 is 21.6 Å². The van der Waals surface area contributed by atoms with Crippen LogP contribution in [0.25, 0.3) is 0 Å². The van der Waals surface area contributed by atoms with E-state index in [1.54, 1.807) is 0 Å². The van der Waals surface area contributed by atoms with Gasteiger partial charge in [0.2, 0.25) is 15.9 Å². The summed E-state index contributed by atoms with van der Waals surface area (Å²) in [7, 11) is -3.45. The molecule has 33 heavy (non-hydrogen) atoms. The fourth-order valence-electron chi connectivity index (χ4n) is 3.69. The van der Waals surface area contributed by atoms with E-state index >= 15 is 0 Å². The van der Waals surface area contributed by atoms with Crippen LogP contribution in [0.3, 0.4) is 0 Å². The van der Waals surface area contributed by atoms with E-state index in [4.69, 9.17) is 4.74 Å². The second kappa shape index (κ2) is 11.5. The molecule has 0 aliphatic heterocycles. The molecule has 0 heterocycles. The molecule has 182 valence electrons. The average molecular weight is 475 g/mol. The van der Waals surface area contributed by atoms with Crippen molar-refractivity contribution in [2.24, 2.45) is 0 Å². The standard InChI is InChI=1S/C26H38N2O4S/c1-7-21-11-8-10-20(2)25(21)28(33(6,30)31)18-9-12-24(29)27-17-19-32-23-15-13-22(14-16-23)26(3,4)5/h8,10-11,13-16H,7,9,12,17-19H2,1-6H3,(H,27,29). The minimum absolute atomic E-state index is 0.0938. The highest BCUT2D eigenvalue weighted by atomic mass is 32.2. The van der Waals surface area contributed by atoms with Crippen LogP contribution in [0, 0.1) is 6.92 Å². The average Bonchev–Trinajstić information content (AvgIpc) is 2.73. The molecule has 0 saturated carbocycles. The number of carbonyl (C=O) groups is 1. The molecular weight excluding hydrogens is 436 g/mol. The number of hydrogen-bond acceptors (Lipinski definition) is 4. The van der Waals surface area contributed by atoms with Gasteiger partial charge in [0.1, 0.15) is 12.4 Å². The lowest BCUT2D eigenvalue weighted by atomic mass is 9.87. The van der Waals surface area contributed by atoms with Gasteiger partial charge >= 0.3 is 0 Å². The first-order chi connectivity index (χ1) is 15.4. The van der Waals surface area contributed by atoms with Gasteiger partial charge in [-0.1, -0.05) is 58.0 Å². The molecule has 0 aliphatic carbocycles. The number of sulfonamides is 1. The Balaban J connectivity index is 1.82. The first-order valence-corrected chi connectivity index (χ1v) is 13.3. The maximum atomic E-state index is 12.5. The summed E-state index contributed by atoms with van der Waals surface area (Å²) in [6.45, 7) is 11.4. The molecule has 1 N–H and O–H groups in total. The SMILES string of the molecule is CCc1cccc(C)c1N(CCCC(=O)NCCOc1ccc(C(C)(C)C)cc1)S(C)(=O)=O. The fraction of sp³-hybridized carbons (Fsp3) is 0.500. The molecule has 0 spiro atoms. The quantitative estimate of drug-likeness (QED) is 0.483. The number of anilines is 1. The van der Waals surface area contributed by atoms with E-state index in [9.17, 15) is 13.2 Å². The second-order valence-electron chi connectivity index (χ2n) is 9.35. The van der Waals surface area contributed by atoms with Gasteiger partial charge in [0, 0.05) is 13.0 Å². The highest BCUT2D eigenvalue weighted by molar-refractivity contribution is 7.92. The number of nitrogens with one attached hydrogen (secondary N) is 1. The number of benzene rings is 2. The summed E-state index contributed by atoms with van der Waals surface area (Å²) in [6, 6.07) is 13.8. The van der Waals surface area contributed by atoms with Gasteiger partial charge in [0.15, 0.2) is 0 Å². The second-order valence-corrected chi connectivity index (χ2v) is 11.3. The maximum absolute atomic E-state index is 12.5. The Labute approximate surface area is 199 Å². The molecular formula is C26H38N2O4S. The lowest BCUT2D eigenvalue weighted by Crippen LogP contribution is -2.34. The van der Waals surface area contributed by atoms with Gasteiger partial charge in [-0.15, -0.1) is 0 Å². The van der Waals surface area contributed by atoms with E-state index < -0.39 is 10.0 Å². The van der Waals surface area contributed by atoms with Gasteiger partial charge in [0.25, 0.3) is 0 Å². The minimum atomic E-state index is -3.45. The van der Waals surface area contributed by atoms with Crippen molar-refractivity contribution < 1.29 is 17.9 Å². The third-order valence-corrected chi connectivity index (χ3v) is 6.70. The summed E-state index contributed by atoms with van der Waals surface area (Å²) in [5.41, 5.74) is 3.96. The van der Waals surface area contributed by atoms with Crippen molar-refractivity contribution in [3.8, 4) is 5.75 Å². The maximum Gasteiger partial charge on any atom is 0.232 e. The lowest BCUT2D eigenvalue weighted by Gasteiger charge is -2.26. The molecule has 1 amide bonds. The molecule has 0 fully saturated rings. The number of para-hydroxylation sites is 1. The summed E-state index contributed by atoms with van der Waals surface area (Å²) >= 11 is 0. The number of hydrogen-bond donors (Lipinski definition) is 1. The summed E-state index contributed by atoms with van der Waals surface area (Å²) in [6.07, 6.45) is 2.64. The summed E-state index contributed by atoms with van der Waals surface area (Å²) in [5.74, 6) is 0.654. The Bertz CT molecular complexity index is 1030. The van der Waals surface area contributed by atoms with E-state index in [1.807, 2.05) is 44.2 Å². The lowest BCUT2D eigenvalue weighted by molar-refractivity contribution is -0.121. The molecule has 0 atom stereocenters. The molecule has 2 aromatic rings. The van der Waals surface area contributed by atoms with Crippen LogP contribution in [0.1, 0.15) is 57.2 Å². The molecule has 0 aromatic heterocycles. The van der Waals surface area contributed by atoms with Gasteiger partial charge in [0.05, 0.1) is 18.5 Å². The molecule has 0 bridgehead atoms. The smallest absolute Gasteiger partial charge is 0.232 e. The third-order valence-electron chi connectivity index (χ3n) is 5.53. The summed E-state index contributed by atoms with van der Waals surface area (Å²) in [4.78, 5) is 12.2. The van der Waals surface area contributed by atoms with Crippen molar-refractivity contribution in [3.63, 3.8) is 0 Å². The van der Waals surface area contributed by atoms with E-state index in [-0.39, 0.29) is 24.3 Å². The molecule has 2 rings (SSSR count). The van der Waals surface area contributed by atoms with Crippen molar-refractivity contribution in [3.05, 3.63) is 59.2 Å². The van der Waals surface area contributed by atoms with E-state index in [0.717, 1.165) is 29.0 Å². The van der Waals surface area contributed by atoms with Gasteiger partial charge in [-0.3, -0.25) is 9.10 Å². The number of amides is 1. The van der Waals surface area contributed by atoms with E-state index in [2.05, 4.69) is 38.2 Å². The van der Waals surface area contributed by atoms with Crippen LogP contribution < -0.4 is 14.4 Å². The zero-order valence-electron chi connectivity index (χ0n) is 20.8. The van der Waals surface area contributed by atoms with Crippen molar-refractivity contribution in [1.29, 1.82) is 0 Å². The monoisotopic (exact) mass is 474 g/mol. The predicted molar refractivity (Wildman–Crippen MR) is 136 cm³/mol. The number of aryl methyl sites for hydroxylation is 2. The number of nitrogens with zero attached hydrogens (tertiary/aromatic N) is 1. The Morgan fingerprint density at radius 3 is 2.33 bits per heavy atom. The van der Waals surface area contributed by atoms with Crippen molar-refractivity contribution in [1.82, 2.24) is 5.32 Å².